The van der Waals surface area contributed by atoms with E-state index in [0.29, 0.717) is 13.0 Å². The monoisotopic (exact) mass is 534 g/mol. The van der Waals surface area contributed by atoms with E-state index in [4.69, 9.17) is 0 Å². The summed E-state index contributed by atoms with van der Waals surface area (Å²) >= 11 is 3.48. The van der Waals surface area contributed by atoms with Crippen molar-refractivity contribution in [1.29, 1.82) is 0 Å². The highest BCUT2D eigenvalue weighted by Gasteiger charge is 2.32. The van der Waals surface area contributed by atoms with Crippen molar-refractivity contribution in [3.63, 3.8) is 0 Å². The van der Waals surface area contributed by atoms with E-state index in [-0.39, 0.29) is 18.2 Å². The minimum absolute atomic E-state index is 0.0633. The molecule has 2 amide bonds. The van der Waals surface area contributed by atoms with E-state index in [2.05, 4.69) is 33.4 Å². The van der Waals surface area contributed by atoms with Crippen molar-refractivity contribution in [1.82, 2.24) is 10.2 Å². The zero-order chi connectivity index (χ0) is 25.6. The van der Waals surface area contributed by atoms with Gasteiger partial charge in [0, 0.05) is 23.0 Å². The number of carbonyl (C=O) groups excluding carboxylic acids is 2. The van der Waals surface area contributed by atoms with Gasteiger partial charge in [0.05, 0.1) is 6.42 Å². The number of nitrogens with zero attached hydrogens (tertiary/aromatic N) is 1. The summed E-state index contributed by atoms with van der Waals surface area (Å²) in [6, 6.07) is 23.3. The van der Waals surface area contributed by atoms with Gasteiger partial charge in [-0.2, -0.15) is 0 Å². The van der Waals surface area contributed by atoms with E-state index >= 15 is 0 Å². The van der Waals surface area contributed by atoms with E-state index in [1.165, 1.54) is 0 Å². The van der Waals surface area contributed by atoms with Crippen LogP contribution in [0.2, 0.25) is 0 Å². The molecule has 0 heterocycles. The first kappa shape index (κ1) is 26.7. The van der Waals surface area contributed by atoms with Crippen molar-refractivity contribution in [2.45, 2.75) is 65.6 Å². The first-order valence-electron chi connectivity index (χ1n) is 12.0. The highest BCUT2D eigenvalue weighted by atomic mass is 79.9. The lowest BCUT2D eigenvalue weighted by Crippen LogP contribution is -2.54. The summed E-state index contributed by atoms with van der Waals surface area (Å²) in [4.78, 5) is 29.2. The van der Waals surface area contributed by atoms with Gasteiger partial charge in [-0.15, -0.1) is 0 Å². The Bertz CT molecular complexity index is 1150. The van der Waals surface area contributed by atoms with Gasteiger partial charge in [-0.05, 0) is 69.0 Å². The van der Waals surface area contributed by atoms with Gasteiger partial charge in [-0.1, -0.05) is 82.2 Å². The zero-order valence-corrected chi connectivity index (χ0v) is 22.9. The Morgan fingerprint density at radius 3 is 2.20 bits per heavy atom. The molecule has 3 rings (SSSR count). The summed E-state index contributed by atoms with van der Waals surface area (Å²) in [5.74, 6) is -0.209. The number of hydrogen-bond acceptors (Lipinski definition) is 2. The minimum atomic E-state index is -0.641. The molecule has 0 spiro atoms. The third-order valence-corrected chi connectivity index (χ3v) is 6.41. The Morgan fingerprint density at radius 1 is 0.914 bits per heavy atom. The SMILES string of the molecule is Cc1ccc(C)c(CC(=O)N(Cc2ccc(Br)cc2)[C@H](Cc2ccccc2)C(=O)NC(C)(C)C)c1. The highest BCUT2D eigenvalue weighted by Crippen LogP contribution is 2.20. The van der Waals surface area contributed by atoms with Crippen molar-refractivity contribution in [2.24, 2.45) is 0 Å². The van der Waals surface area contributed by atoms with Gasteiger partial charge in [0.2, 0.25) is 11.8 Å². The Morgan fingerprint density at radius 2 is 1.57 bits per heavy atom. The second-order valence-electron chi connectivity index (χ2n) is 10.2. The molecule has 35 heavy (non-hydrogen) atoms. The smallest absolute Gasteiger partial charge is 0.243 e. The van der Waals surface area contributed by atoms with E-state index in [1.807, 2.05) is 95.3 Å². The van der Waals surface area contributed by atoms with Crippen molar-refractivity contribution in [3.05, 3.63) is 105 Å². The highest BCUT2D eigenvalue weighted by molar-refractivity contribution is 9.10. The van der Waals surface area contributed by atoms with Crippen molar-refractivity contribution < 1.29 is 9.59 Å². The molecule has 0 saturated heterocycles. The molecule has 4 nitrogen and oxygen atoms in total. The number of aryl methyl sites for hydroxylation is 2. The molecule has 0 aromatic heterocycles. The van der Waals surface area contributed by atoms with E-state index < -0.39 is 11.6 Å². The van der Waals surface area contributed by atoms with Crippen LogP contribution in [0, 0.1) is 13.8 Å². The Hall–Kier alpha value is -2.92. The molecule has 0 aliphatic heterocycles. The second kappa shape index (κ2) is 11.7. The van der Waals surface area contributed by atoms with Crippen LogP contribution in [-0.2, 0) is 29.0 Å². The van der Waals surface area contributed by atoms with Crippen LogP contribution in [0.25, 0.3) is 0 Å². The summed E-state index contributed by atoms with van der Waals surface area (Å²) in [6.45, 7) is 10.3. The summed E-state index contributed by atoms with van der Waals surface area (Å²) < 4.78 is 0.973. The molecular formula is C30H35BrN2O2. The van der Waals surface area contributed by atoms with Gasteiger partial charge in [0.25, 0.3) is 0 Å². The normalized spacial score (nSPS) is 12.2. The maximum atomic E-state index is 13.9. The summed E-state index contributed by atoms with van der Waals surface area (Å²) in [6.07, 6.45) is 0.690. The Labute approximate surface area is 217 Å². The molecule has 3 aromatic carbocycles. The van der Waals surface area contributed by atoms with Crippen LogP contribution in [0.5, 0.6) is 0 Å². The maximum Gasteiger partial charge on any atom is 0.243 e. The largest absolute Gasteiger partial charge is 0.350 e. The molecule has 1 N–H and O–H groups in total. The van der Waals surface area contributed by atoms with Gasteiger partial charge in [0.15, 0.2) is 0 Å². The van der Waals surface area contributed by atoms with Crippen LogP contribution >= 0.6 is 15.9 Å². The molecule has 0 fully saturated rings. The maximum absolute atomic E-state index is 13.9. The topological polar surface area (TPSA) is 49.4 Å². The van der Waals surface area contributed by atoms with Crippen LogP contribution in [0.4, 0.5) is 0 Å². The quantitative estimate of drug-likeness (QED) is 0.376. The third-order valence-electron chi connectivity index (χ3n) is 5.88. The fourth-order valence-corrected chi connectivity index (χ4v) is 4.31. The molecule has 0 unspecified atom stereocenters. The number of hydrogen-bond donors (Lipinski definition) is 1. The van der Waals surface area contributed by atoms with Crippen LogP contribution in [0.1, 0.15) is 48.6 Å². The minimum Gasteiger partial charge on any atom is -0.350 e. The van der Waals surface area contributed by atoms with Crippen LogP contribution in [0.15, 0.2) is 77.3 Å². The molecule has 3 aromatic rings. The molecule has 0 saturated carbocycles. The first-order valence-corrected chi connectivity index (χ1v) is 12.8. The zero-order valence-electron chi connectivity index (χ0n) is 21.3. The lowest BCUT2D eigenvalue weighted by Gasteiger charge is -2.34. The first-order chi connectivity index (χ1) is 16.5. The predicted octanol–water partition coefficient (Wildman–Crippen LogP) is 6.16. The van der Waals surface area contributed by atoms with Crippen LogP contribution < -0.4 is 5.32 Å². The van der Waals surface area contributed by atoms with E-state index in [1.54, 1.807) is 4.90 Å². The number of benzene rings is 3. The van der Waals surface area contributed by atoms with Crippen molar-refractivity contribution in [3.8, 4) is 0 Å². The van der Waals surface area contributed by atoms with Gasteiger partial charge in [0.1, 0.15) is 6.04 Å². The average molecular weight is 536 g/mol. The summed E-state index contributed by atoms with van der Waals surface area (Å²) in [5.41, 5.74) is 4.76. The molecular weight excluding hydrogens is 500 g/mol. The molecule has 1 atom stereocenters. The number of rotatable bonds is 8. The molecule has 5 heteroatoms. The standard InChI is InChI=1S/C30H35BrN2O2/c1-21-11-12-22(2)25(17-21)19-28(34)33(20-24-13-15-26(31)16-14-24)27(29(35)32-30(3,4)5)18-23-9-7-6-8-10-23/h6-17,27H,18-20H2,1-5H3,(H,32,35)/t27-/m1/s1. The summed E-state index contributed by atoms with van der Waals surface area (Å²) in [5, 5.41) is 3.11. The lowest BCUT2D eigenvalue weighted by molar-refractivity contribution is -0.141. The molecule has 184 valence electrons. The fraction of sp³-hybridized carbons (Fsp3) is 0.333. The van der Waals surface area contributed by atoms with E-state index in [0.717, 1.165) is 32.3 Å². The van der Waals surface area contributed by atoms with Crippen LogP contribution in [-0.4, -0.2) is 28.3 Å². The fourth-order valence-electron chi connectivity index (χ4n) is 4.05. The average Bonchev–Trinajstić information content (AvgIpc) is 2.79. The number of nitrogens with one attached hydrogen (secondary N) is 1. The summed E-state index contributed by atoms with van der Waals surface area (Å²) in [7, 11) is 0. The van der Waals surface area contributed by atoms with Gasteiger partial charge in [-0.25, -0.2) is 0 Å². The molecule has 0 bridgehead atoms. The Kier molecular flexibility index (Phi) is 8.90. The molecule has 0 aliphatic rings. The van der Waals surface area contributed by atoms with Gasteiger partial charge in [-0.3, -0.25) is 9.59 Å². The number of halogens is 1. The lowest BCUT2D eigenvalue weighted by atomic mass is 9.98. The van der Waals surface area contributed by atoms with Crippen molar-refractivity contribution >= 4 is 27.7 Å². The number of carbonyl (C=O) groups is 2. The van der Waals surface area contributed by atoms with Crippen LogP contribution in [0.3, 0.4) is 0 Å². The Balaban J connectivity index is 2.01. The third kappa shape index (κ3) is 8.07. The second-order valence-corrected chi connectivity index (χ2v) is 11.1. The molecule has 0 aliphatic carbocycles. The molecule has 0 radical (unpaired) electrons. The van der Waals surface area contributed by atoms with Gasteiger partial charge >= 0.3 is 0 Å². The van der Waals surface area contributed by atoms with Gasteiger partial charge < -0.3 is 10.2 Å². The number of amides is 2. The van der Waals surface area contributed by atoms with E-state index in [9.17, 15) is 9.59 Å². The van der Waals surface area contributed by atoms with Crippen molar-refractivity contribution in [2.75, 3.05) is 0 Å². The predicted molar refractivity (Wildman–Crippen MR) is 146 cm³/mol.